The molecule has 0 saturated carbocycles. The third kappa shape index (κ3) is 3.21. The summed E-state index contributed by atoms with van der Waals surface area (Å²) in [6.45, 7) is 3.16. The van der Waals surface area contributed by atoms with Gasteiger partial charge in [0.15, 0.2) is 4.90 Å². The van der Waals surface area contributed by atoms with E-state index >= 15 is 0 Å². The summed E-state index contributed by atoms with van der Waals surface area (Å²) in [5.41, 5.74) is 1.18. The van der Waals surface area contributed by atoms with Gasteiger partial charge >= 0.3 is 0 Å². The summed E-state index contributed by atoms with van der Waals surface area (Å²) in [6, 6.07) is 7.61. The van der Waals surface area contributed by atoms with Crippen LogP contribution in [0.1, 0.15) is 5.69 Å². The molecule has 2 heterocycles. The molecule has 0 radical (unpaired) electrons. The van der Waals surface area contributed by atoms with Crippen molar-refractivity contribution in [2.45, 2.75) is 11.8 Å². The third-order valence-electron chi connectivity index (χ3n) is 4.37. The Hall–Kier alpha value is -2.13. The van der Waals surface area contributed by atoms with E-state index in [9.17, 15) is 12.8 Å². The number of aryl methyl sites for hydroxylation is 2. The van der Waals surface area contributed by atoms with Gasteiger partial charge in [0.25, 0.3) is 0 Å². The maximum Gasteiger partial charge on any atom is 0.249 e. The van der Waals surface area contributed by atoms with Crippen LogP contribution in [-0.4, -0.2) is 55.8 Å². The highest BCUT2D eigenvalue weighted by molar-refractivity contribution is 7.89. The molecule has 0 spiro atoms. The second-order valence-electron chi connectivity index (χ2n) is 5.92. The topological polar surface area (TPSA) is 67.7 Å². The molecule has 136 valence electrons. The zero-order valence-corrected chi connectivity index (χ0v) is 15.3. The summed E-state index contributed by atoms with van der Waals surface area (Å²) in [5, 5.41) is 3.86. The summed E-state index contributed by atoms with van der Waals surface area (Å²) in [6.07, 6.45) is 0. The highest BCUT2D eigenvalue weighted by Crippen LogP contribution is 2.25. The molecular formula is C16H21FN4O3S. The molecule has 0 unspecified atom stereocenters. The summed E-state index contributed by atoms with van der Waals surface area (Å²) in [5.74, 6) is -0.0532. The molecule has 1 aromatic heterocycles. The molecule has 9 heteroatoms. The molecule has 2 aromatic rings. The normalized spacial score (nSPS) is 16.2. The Morgan fingerprint density at radius 3 is 2.20 bits per heavy atom. The van der Waals surface area contributed by atoms with Gasteiger partial charge in [0, 0.05) is 38.9 Å². The van der Waals surface area contributed by atoms with Gasteiger partial charge in [0.05, 0.1) is 12.8 Å². The molecule has 1 aromatic carbocycles. The zero-order chi connectivity index (χ0) is 18.2. The van der Waals surface area contributed by atoms with Crippen molar-refractivity contribution in [3.8, 4) is 5.75 Å². The highest BCUT2D eigenvalue weighted by atomic mass is 32.2. The molecule has 1 aliphatic heterocycles. The van der Waals surface area contributed by atoms with Crippen molar-refractivity contribution >= 4 is 15.7 Å². The van der Waals surface area contributed by atoms with Crippen molar-refractivity contribution in [3.05, 3.63) is 35.9 Å². The monoisotopic (exact) mass is 368 g/mol. The minimum absolute atomic E-state index is 0.178. The fraction of sp³-hybridized carbons (Fsp3) is 0.438. The first kappa shape index (κ1) is 17.7. The van der Waals surface area contributed by atoms with Crippen LogP contribution in [-0.2, 0) is 17.1 Å². The van der Waals surface area contributed by atoms with Gasteiger partial charge in [-0.3, -0.25) is 0 Å². The van der Waals surface area contributed by atoms with Gasteiger partial charge in [-0.1, -0.05) is 0 Å². The van der Waals surface area contributed by atoms with Gasteiger partial charge < -0.3 is 9.64 Å². The van der Waals surface area contributed by atoms with Crippen LogP contribution < -0.4 is 9.64 Å². The number of hydrogen-bond acceptors (Lipinski definition) is 5. The van der Waals surface area contributed by atoms with E-state index in [-0.39, 0.29) is 10.6 Å². The maximum atomic E-state index is 14.2. The van der Waals surface area contributed by atoms with E-state index in [1.807, 2.05) is 24.3 Å². The average Bonchev–Trinajstić information content (AvgIpc) is 2.87. The SMILES string of the molecule is COc1ccc(N2CCN(S(=O)(=O)c3c(C)nn(C)c3F)CC2)cc1. The molecule has 0 atom stereocenters. The van der Waals surface area contributed by atoms with Gasteiger partial charge in [-0.2, -0.15) is 13.8 Å². The number of sulfonamides is 1. The molecule has 0 bridgehead atoms. The molecule has 25 heavy (non-hydrogen) atoms. The van der Waals surface area contributed by atoms with E-state index in [1.165, 1.54) is 18.3 Å². The lowest BCUT2D eigenvalue weighted by Gasteiger charge is -2.35. The Labute approximate surface area is 146 Å². The van der Waals surface area contributed by atoms with Crippen molar-refractivity contribution < 1.29 is 17.5 Å². The Balaban J connectivity index is 1.75. The number of methoxy groups -OCH3 is 1. The van der Waals surface area contributed by atoms with Crippen molar-refractivity contribution in [2.75, 3.05) is 38.2 Å². The molecular weight excluding hydrogens is 347 g/mol. The zero-order valence-electron chi connectivity index (χ0n) is 14.4. The first-order chi connectivity index (χ1) is 11.8. The Bertz CT molecular complexity index is 856. The molecule has 1 saturated heterocycles. The molecule has 0 aliphatic carbocycles. The number of ether oxygens (including phenoxy) is 1. The van der Waals surface area contributed by atoms with E-state index in [1.54, 1.807) is 7.11 Å². The number of nitrogens with zero attached hydrogens (tertiary/aromatic N) is 4. The van der Waals surface area contributed by atoms with Crippen molar-refractivity contribution in [1.82, 2.24) is 14.1 Å². The highest BCUT2D eigenvalue weighted by Gasteiger charge is 2.34. The van der Waals surface area contributed by atoms with Gasteiger partial charge in [-0.25, -0.2) is 13.1 Å². The van der Waals surface area contributed by atoms with Crippen LogP contribution in [0.5, 0.6) is 5.75 Å². The largest absolute Gasteiger partial charge is 0.497 e. The van der Waals surface area contributed by atoms with Crippen LogP contribution in [0.15, 0.2) is 29.2 Å². The van der Waals surface area contributed by atoms with E-state index in [4.69, 9.17) is 4.74 Å². The summed E-state index contributed by atoms with van der Waals surface area (Å²) in [7, 11) is -0.889. The molecule has 3 rings (SSSR count). The predicted molar refractivity (Wildman–Crippen MR) is 91.9 cm³/mol. The fourth-order valence-electron chi connectivity index (χ4n) is 3.01. The summed E-state index contributed by atoms with van der Waals surface area (Å²) >= 11 is 0. The van der Waals surface area contributed by atoms with E-state index in [0.29, 0.717) is 26.2 Å². The number of hydrogen-bond donors (Lipinski definition) is 0. The fourth-order valence-corrected chi connectivity index (χ4v) is 4.67. The Morgan fingerprint density at radius 2 is 1.72 bits per heavy atom. The van der Waals surface area contributed by atoms with E-state index in [0.717, 1.165) is 16.1 Å². The smallest absolute Gasteiger partial charge is 0.249 e. The average molecular weight is 368 g/mol. The minimum atomic E-state index is -3.89. The lowest BCUT2D eigenvalue weighted by Crippen LogP contribution is -2.48. The molecule has 1 fully saturated rings. The van der Waals surface area contributed by atoms with Crippen molar-refractivity contribution in [3.63, 3.8) is 0 Å². The second kappa shape index (κ2) is 6.64. The quantitative estimate of drug-likeness (QED) is 0.816. The van der Waals surface area contributed by atoms with Crippen LogP contribution in [0.25, 0.3) is 0 Å². The Kier molecular flexibility index (Phi) is 4.70. The number of halogens is 1. The number of aromatic nitrogens is 2. The molecule has 0 N–H and O–H groups in total. The first-order valence-corrected chi connectivity index (χ1v) is 9.37. The van der Waals surface area contributed by atoms with Crippen LogP contribution in [0, 0.1) is 12.9 Å². The number of piperazine rings is 1. The van der Waals surface area contributed by atoms with Gasteiger partial charge in [-0.15, -0.1) is 0 Å². The predicted octanol–water partition coefficient (Wildman–Crippen LogP) is 1.39. The number of rotatable bonds is 4. The lowest BCUT2D eigenvalue weighted by molar-refractivity contribution is 0.380. The van der Waals surface area contributed by atoms with Crippen LogP contribution in [0.4, 0.5) is 10.1 Å². The van der Waals surface area contributed by atoms with Crippen LogP contribution in [0.3, 0.4) is 0 Å². The van der Waals surface area contributed by atoms with E-state index < -0.39 is 16.0 Å². The van der Waals surface area contributed by atoms with Crippen LogP contribution in [0.2, 0.25) is 0 Å². The second-order valence-corrected chi connectivity index (χ2v) is 7.79. The number of benzene rings is 1. The van der Waals surface area contributed by atoms with E-state index in [2.05, 4.69) is 10.00 Å². The third-order valence-corrected chi connectivity index (χ3v) is 6.40. The standard InChI is InChI=1S/C16H21FN4O3S/c1-12-15(16(17)19(2)18-12)25(22,23)21-10-8-20(9-11-21)13-4-6-14(24-3)7-5-13/h4-7H,8-11H2,1-3H3. The van der Waals surface area contributed by atoms with Crippen molar-refractivity contribution in [2.24, 2.45) is 7.05 Å². The number of anilines is 1. The Morgan fingerprint density at radius 1 is 1.12 bits per heavy atom. The molecule has 7 nitrogen and oxygen atoms in total. The van der Waals surface area contributed by atoms with Gasteiger partial charge in [-0.05, 0) is 31.2 Å². The lowest BCUT2D eigenvalue weighted by atomic mass is 10.2. The van der Waals surface area contributed by atoms with Gasteiger partial charge in [0.2, 0.25) is 16.0 Å². The van der Waals surface area contributed by atoms with Gasteiger partial charge in [0.1, 0.15) is 5.75 Å². The summed E-state index contributed by atoms with van der Waals surface area (Å²) in [4.78, 5) is 1.77. The molecule has 0 amide bonds. The summed E-state index contributed by atoms with van der Waals surface area (Å²) < 4.78 is 47.1. The molecule has 1 aliphatic rings. The first-order valence-electron chi connectivity index (χ1n) is 7.93. The van der Waals surface area contributed by atoms with Crippen LogP contribution >= 0.6 is 0 Å². The minimum Gasteiger partial charge on any atom is -0.497 e. The van der Waals surface area contributed by atoms with Crippen molar-refractivity contribution in [1.29, 1.82) is 0 Å². The maximum absolute atomic E-state index is 14.2.